The summed E-state index contributed by atoms with van der Waals surface area (Å²) in [5.74, 6) is 0.464. The van der Waals surface area contributed by atoms with Crippen molar-refractivity contribution in [1.29, 1.82) is 5.26 Å². The molecule has 0 aliphatic rings. The molecule has 0 aliphatic heterocycles. The first-order valence-corrected chi connectivity index (χ1v) is 3.93. The number of hydrogen-bond acceptors (Lipinski definition) is 4. The van der Waals surface area contributed by atoms with E-state index in [4.69, 9.17) is 17.9 Å². The van der Waals surface area contributed by atoms with Gasteiger partial charge in [-0.1, -0.05) is 12.6 Å². The van der Waals surface area contributed by atoms with Crippen LogP contribution in [0.2, 0.25) is 0 Å². The fraction of sp³-hybridized carbons (Fsp3) is 0.143. The van der Waals surface area contributed by atoms with Gasteiger partial charge in [-0.3, -0.25) is 0 Å². The number of aromatic nitrogens is 4. The minimum absolute atomic E-state index is 0.0872. The third-order valence-electron chi connectivity index (χ3n) is 1.51. The first-order chi connectivity index (χ1) is 6.20. The van der Waals surface area contributed by atoms with Gasteiger partial charge in [0.15, 0.2) is 0 Å². The molecule has 0 unspecified atom stereocenters. The molecule has 0 saturated carbocycles. The quantitative estimate of drug-likeness (QED) is 0.578. The van der Waals surface area contributed by atoms with E-state index < -0.39 is 0 Å². The van der Waals surface area contributed by atoms with Crippen LogP contribution in [0.25, 0.3) is 5.78 Å². The van der Waals surface area contributed by atoms with Gasteiger partial charge in [0.25, 0.3) is 11.6 Å². The molecule has 0 fully saturated rings. The van der Waals surface area contributed by atoms with Crippen molar-refractivity contribution in [3.05, 3.63) is 17.6 Å². The number of nitrogens with zero attached hydrogens (tertiary/aromatic N) is 5. The van der Waals surface area contributed by atoms with E-state index in [9.17, 15) is 0 Å². The van der Waals surface area contributed by atoms with Crippen molar-refractivity contribution in [1.82, 2.24) is 19.6 Å². The summed E-state index contributed by atoms with van der Waals surface area (Å²) in [7, 11) is 0. The van der Waals surface area contributed by atoms with Crippen LogP contribution in [0.5, 0.6) is 0 Å². The molecule has 0 aromatic carbocycles. The topological polar surface area (TPSA) is 66.9 Å². The standard InChI is InChI=1S/C7H4N5S/c1-4-2-6(13)12-7(9-4)10-5(3-8)11-12/h2H,1H3. The number of rotatable bonds is 0. The van der Waals surface area contributed by atoms with E-state index in [0.717, 1.165) is 5.69 Å². The normalized spacial score (nSPS) is 10.2. The SMILES string of the molecule is Cc1cc([S])n2nc(C#N)nc2n1. The van der Waals surface area contributed by atoms with Crippen LogP contribution in [0.3, 0.4) is 0 Å². The first-order valence-electron chi connectivity index (χ1n) is 3.52. The Morgan fingerprint density at radius 2 is 2.31 bits per heavy atom. The van der Waals surface area contributed by atoms with Crippen LogP contribution in [-0.4, -0.2) is 19.6 Å². The molecule has 5 nitrogen and oxygen atoms in total. The minimum Gasteiger partial charge on any atom is -0.216 e. The van der Waals surface area contributed by atoms with Crippen LogP contribution in [0.4, 0.5) is 0 Å². The summed E-state index contributed by atoms with van der Waals surface area (Å²) in [5.41, 5.74) is 0.773. The Bertz CT molecular complexity index is 509. The zero-order chi connectivity index (χ0) is 9.42. The molecule has 2 aromatic heterocycles. The summed E-state index contributed by atoms with van der Waals surface area (Å²) in [5, 5.41) is 12.9. The molecule has 0 amide bonds. The molecule has 2 aromatic rings. The number of hydrogen-bond donors (Lipinski definition) is 0. The Morgan fingerprint density at radius 3 is 3.00 bits per heavy atom. The maximum atomic E-state index is 8.55. The van der Waals surface area contributed by atoms with E-state index in [1.165, 1.54) is 4.52 Å². The Labute approximate surface area is 79.5 Å². The molecule has 6 heteroatoms. The lowest BCUT2D eigenvalue weighted by atomic mass is 10.5. The van der Waals surface area contributed by atoms with Crippen molar-refractivity contribution in [2.75, 3.05) is 0 Å². The average molecular weight is 190 g/mol. The molecule has 2 heterocycles. The summed E-state index contributed by atoms with van der Waals surface area (Å²) < 4.78 is 1.38. The highest BCUT2D eigenvalue weighted by Gasteiger charge is 2.06. The predicted octanol–water partition coefficient (Wildman–Crippen LogP) is 0.861. The number of nitriles is 1. The van der Waals surface area contributed by atoms with E-state index in [1.807, 2.05) is 13.0 Å². The van der Waals surface area contributed by atoms with Crippen LogP contribution in [0.1, 0.15) is 11.5 Å². The fourth-order valence-electron chi connectivity index (χ4n) is 1.00. The van der Waals surface area contributed by atoms with Crippen LogP contribution < -0.4 is 0 Å². The van der Waals surface area contributed by atoms with Gasteiger partial charge in [0.1, 0.15) is 11.1 Å². The smallest absolute Gasteiger partial charge is 0.216 e. The molecule has 0 bridgehead atoms. The molecule has 0 N–H and O–H groups in total. The lowest BCUT2D eigenvalue weighted by Crippen LogP contribution is -1.94. The molecule has 0 spiro atoms. The summed E-state index contributed by atoms with van der Waals surface area (Å²) >= 11 is 5.01. The monoisotopic (exact) mass is 190 g/mol. The molecule has 1 radical (unpaired) electrons. The number of fused-ring (bicyclic) bond motifs is 1. The van der Waals surface area contributed by atoms with E-state index >= 15 is 0 Å². The van der Waals surface area contributed by atoms with Gasteiger partial charge in [-0.25, -0.2) is 4.98 Å². The van der Waals surface area contributed by atoms with Crippen LogP contribution in [0.15, 0.2) is 11.1 Å². The maximum Gasteiger partial charge on any atom is 0.254 e. The van der Waals surface area contributed by atoms with Crippen molar-refractivity contribution in [2.45, 2.75) is 11.9 Å². The Balaban J connectivity index is 2.84. The van der Waals surface area contributed by atoms with Gasteiger partial charge in [0.05, 0.1) is 0 Å². The summed E-state index contributed by atoms with van der Waals surface area (Å²) in [6, 6.07) is 3.54. The lowest BCUT2D eigenvalue weighted by molar-refractivity contribution is 0.832. The highest BCUT2D eigenvalue weighted by Crippen LogP contribution is 2.08. The molecular weight excluding hydrogens is 186 g/mol. The minimum atomic E-state index is 0.0872. The molecule has 0 atom stereocenters. The van der Waals surface area contributed by atoms with E-state index in [2.05, 4.69) is 15.1 Å². The molecule has 0 aliphatic carbocycles. The molecule has 63 valence electrons. The van der Waals surface area contributed by atoms with Crippen molar-refractivity contribution < 1.29 is 0 Å². The predicted molar refractivity (Wildman–Crippen MR) is 46.1 cm³/mol. The average Bonchev–Trinajstić information content (AvgIpc) is 2.47. The van der Waals surface area contributed by atoms with Crippen molar-refractivity contribution in [3.63, 3.8) is 0 Å². The highest BCUT2D eigenvalue weighted by molar-refractivity contribution is 7.80. The Kier molecular flexibility index (Phi) is 1.60. The summed E-state index contributed by atoms with van der Waals surface area (Å²) in [6.07, 6.45) is 0. The van der Waals surface area contributed by atoms with E-state index in [-0.39, 0.29) is 5.82 Å². The summed E-state index contributed by atoms with van der Waals surface area (Å²) in [4.78, 5) is 7.94. The van der Waals surface area contributed by atoms with E-state index in [1.54, 1.807) is 6.07 Å². The highest BCUT2D eigenvalue weighted by atomic mass is 32.1. The number of aryl methyl sites for hydroxylation is 1. The summed E-state index contributed by atoms with van der Waals surface area (Å²) in [6.45, 7) is 1.82. The second kappa shape index (κ2) is 2.64. The van der Waals surface area contributed by atoms with Gasteiger partial charge in [-0.2, -0.15) is 14.8 Å². The van der Waals surface area contributed by atoms with Gasteiger partial charge in [-0.15, -0.1) is 5.10 Å². The third kappa shape index (κ3) is 1.19. The van der Waals surface area contributed by atoms with Crippen molar-refractivity contribution >= 4 is 18.4 Å². The fourth-order valence-corrected chi connectivity index (χ4v) is 1.29. The van der Waals surface area contributed by atoms with Gasteiger partial charge < -0.3 is 0 Å². The zero-order valence-corrected chi connectivity index (χ0v) is 7.54. The lowest BCUT2D eigenvalue weighted by Gasteiger charge is -1.95. The second-order valence-corrected chi connectivity index (χ2v) is 2.91. The maximum absolute atomic E-state index is 8.55. The largest absolute Gasteiger partial charge is 0.254 e. The zero-order valence-electron chi connectivity index (χ0n) is 6.72. The third-order valence-corrected chi connectivity index (χ3v) is 1.80. The van der Waals surface area contributed by atoms with Crippen LogP contribution in [0, 0.1) is 18.3 Å². The van der Waals surface area contributed by atoms with Gasteiger partial charge in [0.2, 0.25) is 0 Å². The van der Waals surface area contributed by atoms with Crippen molar-refractivity contribution in [3.8, 4) is 6.07 Å². The first kappa shape index (κ1) is 7.89. The van der Waals surface area contributed by atoms with Crippen molar-refractivity contribution in [2.24, 2.45) is 0 Å². The van der Waals surface area contributed by atoms with Gasteiger partial charge >= 0.3 is 0 Å². The molecule has 0 saturated heterocycles. The molecular formula is C7H4N5S. The molecule has 2 rings (SSSR count). The van der Waals surface area contributed by atoms with Crippen LogP contribution >= 0.6 is 12.6 Å². The Hall–Kier alpha value is -1.74. The second-order valence-electron chi connectivity index (χ2n) is 2.49. The Morgan fingerprint density at radius 1 is 1.54 bits per heavy atom. The van der Waals surface area contributed by atoms with E-state index in [0.29, 0.717) is 10.8 Å². The van der Waals surface area contributed by atoms with Gasteiger partial charge in [-0.05, 0) is 13.0 Å². The van der Waals surface area contributed by atoms with Crippen LogP contribution in [-0.2, 0) is 0 Å². The molecule has 13 heavy (non-hydrogen) atoms. The van der Waals surface area contributed by atoms with Gasteiger partial charge in [0, 0.05) is 5.69 Å².